The van der Waals surface area contributed by atoms with Gasteiger partial charge in [-0.2, -0.15) is 0 Å². The molecule has 0 fully saturated rings. The number of hydrogen-bond donors (Lipinski definition) is 0. The number of hydrogen-bond acceptors (Lipinski definition) is 1. The summed E-state index contributed by atoms with van der Waals surface area (Å²) >= 11 is -1.77. The molecule has 1 nitrogen and oxygen atoms in total. The molecule has 0 spiro atoms. The second-order valence-electron chi connectivity index (χ2n) is 4.61. The Morgan fingerprint density at radius 1 is 1.00 bits per heavy atom. The summed E-state index contributed by atoms with van der Waals surface area (Å²) < 4.78 is 6.28. The average Bonchev–Trinajstić information content (AvgIpc) is 2.11. The molecule has 0 N–H and O–H groups in total. The predicted octanol–water partition coefficient (Wildman–Crippen LogP) is 3.96. The van der Waals surface area contributed by atoms with Crippen LogP contribution in [0.5, 0.6) is 0 Å². The second-order valence-corrected chi connectivity index (χ2v) is 15.0. The molecule has 0 unspecified atom stereocenters. The van der Waals surface area contributed by atoms with Gasteiger partial charge in [-0.1, -0.05) is 0 Å². The molecule has 0 aromatic carbocycles. The average molecular weight is 320 g/mol. The van der Waals surface area contributed by atoms with Gasteiger partial charge in [0.25, 0.3) is 0 Å². The minimum absolute atomic E-state index is 0.253. The summed E-state index contributed by atoms with van der Waals surface area (Å²) in [4.78, 5) is 0. The molecule has 0 amide bonds. The van der Waals surface area contributed by atoms with Crippen LogP contribution in [-0.2, 0) is 3.76 Å². The molecular formula is C11H26Ge2O. The van der Waals surface area contributed by atoms with Gasteiger partial charge < -0.3 is 0 Å². The van der Waals surface area contributed by atoms with Crippen LogP contribution in [0.2, 0.25) is 28.3 Å². The van der Waals surface area contributed by atoms with Gasteiger partial charge in [0.15, 0.2) is 0 Å². The van der Waals surface area contributed by atoms with Crippen molar-refractivity contribution in [2.75, 3.05) is 0 Å². The van der Waals surface area contributed by atoms with Gasteiger partial charge in [-0.3, -0.25) is 0 Å². The maximum atomic E-state index is 6.28. The molecule has 0 atom stereocenters. The fourth-order valence-electron chi connectivity index (χ4n) is 1.71. The van der Waals surface area contributed by atoms with E-state index < -0.39 is 29.0 Å². The van der Waals surface area contributed by atoms with Crippen LogP contribution in [0.1, 0.15) is 33.1 Å². The molecule has 0 heterocycles. The summed E-state index contributed by atoms with van der Waals surface area (Å²) in [6.07, 6.45) is 3.72. The molecule has 0 aliphatic rings. The molecule has 3 heteroatoms. The third-order valence-corrected chi connectivity index (χ3v) is 7.18. The van der Waals surface area contributed by atoms with E-state index in [9.17, 15) is 0 Å². The van der Waals surface area contributed by atoms with Crippen LogP contribution in [0, 0.1) is 0 Å². The van der Waals surface area contributed by atoms with Crippen LogP contribution in [0.4, 0.5) is 0 Å². The van der Waals surface area contributed by atoms with Crippen LogP contribution in [-0.4, -0.2) is 34.6 Å². The van der Waals surface area contributed by atoms with Crippen LogP contribution in [0.25, 0.3) is 0 Å². The Bertz CT molecular complexity index is 142. The van der Waals surface area contributed by atoms with E-state index in [4.69, 9.17) is 3.76 Å². The van der Waals surface area contributed by atoms with Gasteiger partial charge in [0, 0.05) is 0 Å². The summed E-state index contributed by atoms with van der Waals surface area (Å²) in [6, 6.07) is 0. The second kappa shape index (κ2) is 7.34. The Kier molecular flexibility index (Phi) is 7.89. The van der Waals surface area contributed by atoms with E-state index in [0.29, 0.717) is 0 Å². The summed E-state index contributed by atoms with van der Waals surface area (Å²) in [7, 11) is 0. The van der Waals surface area contributed by atoms with Crippen LogP contribution >= 0.6 is 0 Å². The van der Waals surface area contributed by atoms with Crippen molar-refractivity contribution >= 4 is 29.0 Å². The summed E-state index contributed by atoms with van der Waals surface area (Å²) in [6.45, 7) is 4.57. The summed E-state index contributed by atoms with van der Waals surface area (Å²) in [5.41, 5.74) is 0.253. The zero-order valence-electron chi connectivity index (χ0n) is 10.7. The van der Waals surface area contributed by atoms with E-state index in [1.165, 1.54) is 24.5 Å². The predicted molar refractivity (Wildman–Crippen MR) is 68.8 cm³/mol. The molecule has 0 saturated heterocycles. The topological polar surface area (TPSA) is 9.23 Å². The molecule has 14 heavy (non-hydrogen) atoms. The van der Waals surface area contributed by atoms with Crippen molar-refractivity contribution in [2.24, 2.45) is 0 Å². The Hall–Kier alpha value is 1.05. The van der Waals surface area contributed by atoms with Crippen LogP contribution < -0.4 is 0 Å². The van der Waals surface area contributed by atoms with Crippen molar-refractivity contribution in [3.8, 4) is 0 Å². The van der Waals surface area contributed by atoms with Crippen LogP contribution in [0.3, 0.4) is 0 Å². The first-order valence-electron chi connectivity index (χ1n) is 5.74. The van der Waals surface area contributed by atoms with Gasteiger partial charge in [-0.05, 0) is 0 Å². The van der Waals surface area contributed by atoms with Crippen molar-refractivity contribution in [3.63, 3.8) is 0 Å². The molecule has 84 valence electrons. The van der Waals surface area contributed by atoms with Gasteiger partial charge in [-0.15, -0.1) is 0 Å². The summed E-state index contributed by atoms with van der Waals surface area (Å²) in [5, 5.41) is 1.47. The van der Waals surface area contributed by atoms with E-state index in [-0.39, 0.29) is 5.60 Å². The van der Waals surface area contributed by atoms with Crippen molar-refractivity contribution < 1.29 is 3.76 Å². The first kappa shape index (κ1) is 15.0. The third kappa shape index (κ3) is 5.81. The van der Waals surface area contributed by atoms with Crippen molar-refractivity contribution in [2.45, 2.75) is 67.0 Å². The fourth-order valence-corrected chi connectivity index (χ4v) is 6.35. The van der Waals surface area contributed by atoms with E-state index >= 15 is 0 Å². The zero-order chi connectivity index (χ0) is 11.2. The first-order chi connectivity index (χ1) is 6.45. The third-order valence-electron chi connectivity index (χ3n) is 2.79. The number of rotatable bonds is 7. The Balaban J connectivity index is 4.21. The van der Waals surface area contributed by atoms with Gasteiger partial charge in [0.2, 0.25) is 0 Å². The SMILES string of the molecule is CCC(CC)(C[CH2][Ge]([CH3])[CH3])[O][Ge]([CH3])[CH3]. The molecule has 0 saturated carbocycles. The molecular weight excluding hydrogens is 293 g/mol. The molecule has 0 aromatic rings. The Labute approximate surface area is 99.5 Å². The normalized spacial score (nSPS) is 12.9. The molecule has 0 aliphatic heterocycles. The fraction of sp³-hybridized carbons (Fsp3) is 1.00. The van der Waals surface area contributed by atoms with Gasteiger partial charge >= 0.3 is 99.8 Å². The van der Waals surface area contributed by atoms with E-state index in [2.05, 4.69) is 36.9 Å². The molecule has 0 bridgehead atoms. The van der Waals surface area contributed by atoms with E-state index in [1.54, 1.807) is 0 Å². The van der Waals surface area contributed by atoms with Crippen molar-refractivity contribution in [1.82, 2.24) is 0 Å². The molecule has 0 rings (SSSR count). The van der Waals surface area contributed by atoms with E-state index in [1.807, 2.05) is 0 Å². The Morgan fingerprint density at radius 3 is 1.79 bits per heavy atom. The molecule has 0 aliphatic carbocycles. The molecule has 0 aromatic heterocycles. The quantitative estimate of drug-likeness (QED) is 0.646. The minimum atomic E-state index is -1.12. The van der Waals surface area contributed by atoms with Crippen molar-refractivity contribution in [1.29, 1.82) is 0 Å². The van der Waals surface area contributed by atoms with Gasteiger partial charge in [0.1, 0.15) is 0 Å². The summed E-state index contributed by atoms with van der Waals surface area (Å²) in [5.74, 6) is 9.56. The van der Waals surface area contributed by atoms with Crippen molar-refractivity contribution in [3.05, 3.63) is 0 Å². The van der Waals surface area contributed by atoms with Crippen LogP contribution in [0.15, 0.2) is 0 Å². The standard InChI is InChI=1S/C11H26Ge2O/c1-7-11(8-2,14-13(5)6)9-10-12(3)4/h7-10H2,1-6H3. The molecule has 2 radical (unpaired) electrons. The zero-order valence-corrected chi connectivity index (χ0v) is 14.9. The van der Waals surface area contributed by atoms with Gasteiger partial charge in [0.05, 0.1) is 0 Å². The first-order valence-corrected chi connectivity index (χ1v) is 16.5. The van der Waals surface area contributed by atoms with Gasteiger partial charge in [-0.25, -0.2) is 0 Å². The maximum absolute atomic E-state index is 6.28. The van der Waals surface area contributed by atoms with E-state index in [0.717, 1.165) is 0 Å². The Morgan fingerprint density at radius 2 is 1.50 bits per heavy atom. The monoisotopic (exact) mass is 322 g/mol.